The number of aromatic amines is 1. The van der Waals surface area contributed by atoms with Crippen LogP contribution in [0.15, 0.2) is 6.33 Å². The minimum atomic E-state index is -1.48. The summed E-state index contributed by atoms with van der Waals surface area (Å²) < 4.78 is 0. The van der Waals surface area contributed by atoms with E-state index in [-0.39, 0.29) is 6.54 Å². The molecule has 0 aliphatic carbocycles. The maximum atomic E-state index is 11.7. The van der Waals surface area contributed by atoms with Crippen molar-refractivity contribution >= 4 is 18.0 Å². The molecule has 1 aromatic heterocycles. The van der Waals surface area contributed by atoms with Crippen molar-refractivity contribution in [2.45, 2.75) is 19.0 Å². The SMILES string of the molecule is CN(Cc1ncn[nH]1)C(=O)NC(CC(=O)O)C(=O)O. The van der Waals surface area contributed by atoms with Gasteiger partial charge in [-0.05, 0) is 0 Å². The number of carboxylic acids is 2. The first-order valence-corrected chi connectivity index (χ1v) is 5.20. The quantitative estimate of drug-likeness (QED) is 0.511. The van der Waals surface area contributed by atoms with Gasteiger partial charge in [0.05, 0.1) is 13.0 Å². The fraction of sp³-hybridized carbons (Fsp3) is 0.444. The molecule has 0 aromatic carbocycles. The molecule has 0 radical (unpaired) electrons. The smallest absolute Gasteiger partial charge is 0.326 e. The number of rotatable bonds is 6. The lowest BCUT2D eigenvalue weighted by molar-refractivity contribution is -0.145. The van der Waals surface area contributed by atoms with E-state index >= 15 is 0 Å². The monoisotopic (exact) mass is 271 g/mol. The van der Waals surface area contributed by atoms with Crippen molar-refractivity contribution in [1.82, 2.24) is 25.4 Å². The average Bonchev–Trinajstić information content (AvgIpc) is 2.79. The zero-order valence-corrected chi connectivity index (χ0v) is 10.0. The van der Waals surface area contributed by atoms with Gasteiger partial charge in [-0.1, -0.05) is 0 Å². The van der Waals surface area contributed by atoms with Gasteiger partial charge >= 0.3 is 18.0 Å². The van der Waals surface area contributed by atoms with Crippen molar-refractivity contribution in [2.75, 3.05) is 7.05 Å². The van der Waals surface area contributed by atoms with E-state index in [0.29, 0.717) is 5.82 Å². The summed E-state index contributed by atoms with van der Waals surface area (Å²) in [6, 6.07) is -2.20. The molecule has 1 aromatic rings. The number of amides is 2. The number of H-pyrrole nitrogens is 1. The van der Waals surface area contributed by atoms with E-state index in [0.717, 1.165) is 4.90 Å². The highest BCUT2D eigenvalue weighted by Crippen LogP contribution is 1.98. The minimum Gasteiger partial charge on any atom is -0.481 e. The maximum Gasteiger partial charge on any atom is 0.326 e. The summed E-state index contributed by atoms with van der Waals surface area (Å²) in [6.45, 7) is 0.0885. The van der Waals surface area contributed by atoms with E-state index in [1.807, 2.05) is 0 Å². The van der Waals surface area contributed by atoms with Crippen LogP contribution in [0.3, 0.4) is 0 Å². The molecular weight excluding hydrogens is 258 g/mol. The fourth-order valence-electron chi connectivity index (χ4n) is 1.24. The molecule has 0 fully saturated rings. The molecular formula is C9H13N5O5. The molecule has 0 saturated carbocycles. The molecule has 10 heteroatoms. The summed E-state index contributed by atoms with van der Waals surface area (Å²) in [6.07, 6.45) is 0.572. The molecule has 10 nitrogen and oxygen atoms in total. The van der Waals surface area contributed by atoms with Gasteiger partial charge < -0.3 is 20.4 Å². The van der Waals surface area contributed by atoms with Crippen LogP contribution in [0.1, 0.15) is 12.2 Å². The topological polar surface area (TPSA) is 149 Å². The second-order valence-electron chi connectivity index (χ2n) is 3.73. The number of urea groups is 1. The molecule has 0 saturated heterocycles. The zero-order chi connectivity index (χ0) is 14.4. The lowest BCUT2D eigenvalue weighted by Gasteiger charge is -2.19. The molecule has 0 aliphatic heterocycles. The average molecular weight is 271 g/mol. The van der Waals surface area contributed by atoms with Gasteiger partial charge in [-0.25, -0.2) is 14.6 Å². The highest BCUT2D eigenvalue weighted by molar-refractivity contribution is 5.86. The molecule has 0 spiro atoms. The number of aliphatic carboxylic acids is 2. The van der Waals surface area contributed by atoms with Crippen LogP contribution in [0.5, 0.6) is 0 Å². The van der Waals surface area contributed by atoms with E-state index < -0.39 is 30.4 Å². The first-order valence-electron chi connectivity index (χ1n) is 5.20. The minimum absolute atomic E-state index is 0.0885. The predicted octanol–water partition coefficient (Wildman–Crippen LogP) is -1.13. The van der Waals surface area contributed by atoms with Crippen LogP contribution in [0.25, 0.3) is 0 Å². The van der Waals surface area contributed by atoms with Gasteiger partial charge in [0.1, 0.15) is 18.2 Å². The number of carboxylic acid groups (broad SMARTS) is 2. The fourth-order valence-corrected chi connectivity index (χ4v) is 1.24. The van der Waals surface area contributed by atoms with E-state index in [1.165, 1.54) is 13.4 Å². The van der Waals surface area contributed by atoms with Gasteiger partial charge in [-0.2, -0.15) is 5.10 Å². The van der Waals surface area contributed by atoms with Gasteiger partial charge in [0, 0.05) is 7.05 Å². The Morgan fingerprint density at radius 1 is 1.47 bits per heavy atom. The molecule has 0 aliphatic rings. The largest absolute Gasteiger partial charge is 0.481 e. The number of carbonyl (C=O) groups excluding carboxylic acids is 1. The van der Waals surface area contributed by atoms with Gasteiger partial charge in [0.2, 0.25) is 0 Å². The van der Waals surface area contributed by atoms with Gasteiger partial charge in [-0.15, -0.1) is 0 Å². The normalized spacial score (nSPS) is 11.6. The Balaban J connectivity index is 2.56. The van der Waals surface area contributed by atoms with Crippen molar-refractivity contribution in [3.05, 3.63) is 12.2 Å². The molecule has 1 unspecified atom stereocenters. The Morgan fingerprint density at radius 2 is 2.16 bits per heavy atom. The maximum absolute atomic E-state index is 11.7. The summed E-state index contributed by atoms with van der Waals surface area (Å²) in [7, 11) is 1.41. The van der Waals surface area contributed by atoms with E-state index in [4.69, 9.17) is 10.2 Å². The number of nitrogens with one attached hydrogen (secondary N) is 2. The highest BCUT2D eigenvalue weighted by atomic mass is 16.4. The van der Waals surface area contributed by atoms with Crippen LogP contribution >= 0.6 is 0 Å². The molecule has 0 bridgehead atoms. The van der Waals surface area contributed by atoms with Crippen molar-refractivity contribution in [1.29, 1.82) is 0 Å². The summed E-state index contributed by atoms with van der Waals surface area (Å²) in [5, 5.41) is 25.6. The summed E-state index contributed by atoms with van der Waals surface area (Å²) in [4.78, 5) is 37.9. The lowest BCUT2D eigenvalue weighted by Crippen LogP contribution is -2.47. The van der Waals surface area contributed by atoms with E-state index in [9.17, 15) is 14.4 Å². The molecule has 1 atom stereocenters. The van der Waals surface area contributed by atoms with Crippen molar-refractivity contribution < 1.29 is 24.6 Å². The Kier molecular flexibility index (Phi) is 4.80. The summed E-state index contributed by atoms with van der Waals surface area (Å²) in [5.74, 6) is -2.31. The number of nitrogens with zero attached hydrogens (tertiary/aromatic N) is 3. The van der Waals surface area contributed by atoms with Crippen molar-refractivity contribution in [3.8, 4) is 0 Å². The third kappa shape index (κ3) is 4.61. The molecule has 2 amide bonds. The third-order valence-electron chi connectivity index (χ3n) is 2.17. The Hall–Kier alpha value is -2.65. The van der Waals surface area contributed by atoms with Crippen LogP contribution in [0, 0.1) is 0 Å². The predicted molar refractivity (Wildman–Crippen MR) is 60.1 cm³/mol. The van der Waals surface area contributed by atoms with Crippen molar-refractivity contribution in [3.63, 3.8) is 0 Å². The molecule has 1 rings (SSSR count). The summed E-state index contributed by atoms with van der Waals surface area (Å²) >= 11 is 0. The lowest BCUT2D eigenvalue weighted by atomic mass is 10.2. The van der Waals surface area contributed by atoms with Crippen LogP contribution in [-0.2, 0) is 16.1 Å². The Bertz CT molecular complexity index is 460. The summed E-state index contributed by atoms with van der Waals surface area (Å²) in [5.41, 5.74) is 0. The number of hydrogen-bond acceptors (Lipinski definition) is 5. The molecule has 4 N–H and O–H groups in total. The molecule has 19 heavy (non-hydrogen) atoms. The second kappa shape index (κ2) is 6.33. The van der Waals surface area contributed by atoms with E-state index in [1.54, 1.807) is 0 Å². The number of carbonyl (C=O) groups is 3. The van der Waals surface area contributed by atoms with Crippen LogP contribution < -0.4 is 5.32 Å². The third-order valence-corrected chi connectivity index (χ3v) is 2.17. The first-order chi connectivity index (χ1) is 8.90. The van der Waals surface area contributed by atoms with Crippen LogP contribution in [0.4, 0.5) is 4.79 Å². The Labute approximate surface area is 107 Å². The number of hydrogen-bond donors (Lipinski definition) is 4. The zero-order valence-electron chi connectivity index (χ0n) is 10.0. The molecule has 104 valence electrons. The van der Waals surface area contributed by atoms with Crippen molar-refractivity contribution in [2.24, 2.45) is 0 Å². The Morgan fingerprint density at radius 3 is 2.63 bits per heavy atom. The number of aromatic nitrogens is 3. The van der Waals surface area contributed by atoms with Gasteiger partial charge in [0.25, 0.3) is 0 Å². The molecule has 1 heterocycles. The van der Waals surface area contributed by atoms with Crippen LogP contribution in [-0.4, -0.2) is 61.4 Å². The van der Waals surface area contributed by atoms with Crippen LogP contribution in [0.2, 0.25) is 0 Å². The van der Waals surface area contributed by atoms with Gasteiger partial charge in [-0.3, -0.25) is 9.89 Å². The standard InChI is InChI=1S/C9H13N5O5/c1-14(3-6-10-4-11-13-6)9(19)12-5(8(17)18)2-7(15)16/h4-5H,2-3H2,1H3,(H,12,19)(H,15,16)(H,17,18)(H,10,11,13). The first kappa shape index (κ1) is 14.4. The van der Waals surface area contributed by atoms with E-state index in [2.05, 4.69) is 20.5 Å². The highest BCUT2D eigenvalue weighted by Gasteiger charge is 2.24. The second-order valence-corrected chi connectivity index (χ2v) is 3.73. The van der Waals surface area contributed by atoms with Gasteiger partial charge in [0.15, 0.2) is 0 Å².